The molecule has 6 rings (SSSR count). The lowest BCUT2D eigenvalue weighted by atomic mass is 9.82. The van der Waals surface area contributed by atoms with E-state index in [2.05, 4.69) is 69.5 Å². The largest absolute Gasteiger partial charge is 0.0809 e. The smallest absolute Gasteiger partial charge is 0.0808 e. The van der Waals surface area contributed by atoms with E-state index in [0.717, 1.165) is 35.1 Å². The van der Waals surface area contributed by atoms with Gasteiger partial charge in [0.25, 0.3) is 0 Å². The van der Waals surface area contributed by atoms with Gasteiger partial charge in [0.1, 0.15) is 0 Å². The SMILES string of the molecule is CC1=C([Si](C)(C)C2C(C)CC3C(C4CC4)=CC=CC32)C2C=CC=C(C3CC3)C2=C1. The fraction of sp³-hybridized carbons (Fsp3) is 0.571. The fourth-order valence-electron chi connectivity index (χ4n) is 7.90. The van der Waals surface area contributed by atoms with Crippen molar-refractivity contribution in [3.05, 3.63) is 70.0 Å². The van der Waals surface area contributed by atoms with Gasteiger partial charge in [-0.2, -0.15) is 0 Å². The Balaban J connectivity index is 1.34. The fourth-order valence-corrected chi connectivity index (χ4v) is 13.3. The minimum atomic E-state index is -1.60. The first kappa shape index (κ1) is 18.4. The number of allylic oxidation sites excluding steroid dienone is 12. The molecule has 5 unspecified atom stereocenters. The van der Waals surface area contributed by atoms with Gasteiger partial charge >= 0.3 is 0 Å². The summed E-state index contributed by atoms with van der Waals surface area (Å²) >= 11 is 0. The Morgan fingerprint density at radius 1 is 0.897 bits per heavy atom. The van der Waals surface area contributed by atoms with Crippen LogP contribution in [0.15, 0.2) is 70.0 Å². The van der Waals surface area contributed by atoms with Crippen molar-refractivity contribution in [1.82, 2.24) is 0 Å². The highest BCUT2D eigenvalue weighted by Crippen LogP contribution is 2.61. The van der Waals surface area contributed by atoms with Crippen LogP contribution in [-0.4, -0.2) is 8.07 Å². The molecule has 0 N–H and O–H groups in total. The quantitative estimate of drug-likeness (QED) is 0.427. The number of fused-ring (bicyclic) bond motifs is 2. The molecule has 3 saturated carbocycles. The standard InChI is InChI=1S/C28H36Si/c1-17-15-25-21(19-11-12-19)7-5-9-23(25)27(17)29(3,4)28-18(2)16-26-22(20-13-14-20)8-6-10-24(26)28/h5-10,15,18-20,23-24,26,28H,11-14,16H2,1-4H3. The highest BCUT2D eigenvalue weighted by molar-refractivity contribution is 6.86. The summed E-state index contributed by atoms with van der Waals surface area (Å²) in [4.78, 5) is 0. The summed E-state index contributed by atoms with van der Waals surface area (Å²) in [6, 6.07) is 0. The molecule has 0 amide bonds. The van der Waals surface area contributed by atoms with E-state index in [-0.39, 0.29) is 0 Å². The number of hydrogen-bond acceptors (Lipinski definition) is 0. The van der Waals surface area contributed by atoms with Gasteiger partial charge in [-0.3, -0.25) is 0 Å². The van der Waals surface area contributed by atoms with Crippen molar-refractivity contribution in [2.75, 3.05) is 0 Å². The molecule has 0 spiro atoms. The summed E-state index contributed by atoms with van der Waals surface area (Å²) in [6.07, 6.45) is 24.6. The normalized spacial score (nSPS) is 38.6. The summed E-state index contributed by atoms with van der Waals surface area (Å²) in [5.41, 5.74) is 7.67. The van der Waals surface area contributed by atoms with E-state index >= 15 is 0 Å². The topological polar surface area (TPSA) is 0 Å². The van der Waals surface area contributed by atoms with Gasteiger partial charge in [0.05, 0.1) is 8.07 Å². The van der Waals surface area contributed by atoms with Gasteiger partial charge in [-0.25, -0.2) is 0 Å². The Hall–Kier alpha value is -1.34. The zero-order chi connectivity index (χ0) is 19.9. The van der Waals surface area contributed by atoms with Gasteiger partial charge in [-0.05, 0) is 85.3 Å². The Morgan fingerprint density at radius 3 is 2.34 bits per heavy atom. The average molecular weight is 401 g/mol. The number of hydrogen-bond donors (Lipinski definition) is 0. The Kier molecular flexibility index (Phi) is 4.02. The van der Waals surface area contributed by atoms with E-state index in [1.165, 1.54) is 32.1 Å². The molecule has 29 heavy (non-hydrogen) atoms. The van der Waals surface area contributed by atoms with E-state index in [0.29, 0.717) is 5.92 Å². The highest BCUT2D eigenvalue weighted by Gasteiger charge is 2.54. The van der Waals surface area contributed by atoms with Crippen LogP contribution in [0.25, 0.3) is 0 Å². The van der Waals surface area contributed by atoms with Gasteiger partial charge in [0.15, 0.2) is 0 Å². The second-order valence-corrected chi connectivity index (χ2v) is 16.1. The van der Waals surface area contributed by atoms with Gasteiger partial charge < -0.3 is 0 Å². The van der Waals surface area contributed by atoms with Crippen LogP contribution in [0, 0.1) is 35.5 Å². The summed E-state index contributed by atoms with van der Waals surface area (Å²) in [5, 5.41) is 1.86. The minimum Gasteiger partial charge on any atom is -0.0808 e. The molecule has 5 atom stereocenters. The number of rotatable bonds is 4. The van der Waals surface area contributed by atoms with Crippen LogP contribution in [0.5, 0.6) is 0 Å². The van der Waals surface area contributed by atoms with Crippen LogP contribution in [0.1, 0.15) is 46.0 Å². The van der Waals surface area contributed by atoms with Gasteiger partial charge in [-0.15, -0.1) is 0 Å². The minimum absolute atomic E-state index is 0.592. The van der Waals surface area contributed by atoms with Crippen molar-refractivity contribution in [1.29, 1.82) is 0 Å². The zero-order valence-electron chi connectivity index (χ0n) is 18.6. The Bertz CT molecular complexity index is 925. The predicted octanol–water partition coefficient (Wildman–Crippen LogP) is 7.56. The predicted molar refractivity (Wildman–Crippen MR) is 126 cm³/mol. The maximum absolute atomic E-state index is 2.72. The van der Waals surface area contributed by atoms with Gasteiger partial charge in [0.2, 0.25) is 0 Å². The summed E-state index contributed by atoms with van der Waals surface area (Å²) in [6.45, 7) is 10.5. The van der Waals surface area contributed by atoms with Crippen molar-refractivity contribution >= 4 is 8.07 Å². The molecule has 0 aliphatic heterocycles. The second-order valence-electron chi connectivity index (χ2n) is 11.4. The molecule has 152 valence electrons. The molecule has 6 aliphatic rings. The summed E-state index contributed by atoms with van der Waals surface area (Å²) in [5.74, 6) is 4.87. The molecule has 0 radical (unpaired) electrons. The third-order valence-electron chi connectivity index (χ3n) is 9.12. The molecule has 3 fully saturated rings. The van der Waals surface area contributed by atoms with Gasteiger partial charge in [-0.1, -0.05) is 78.9 Å². The molecule has 0 aromatic rings. The van der Waals surface area contributed by atoms with Crippen molar-refractivity contribution in [2.45, 2.75) is 64.6 Å². The zero-order valence-corrected chi connectivity index (χ0v) is 19.6. The highest BCUT2D eigenvalue weighted by atomic mass is 28.3. The van der Waals surface area contributed by atoms with Crippen molar-refractivity contribution < 1.29 is 0 Å². The first-order valence-electron chi connectivity index (χ1n) is 12.2. The second kappa shape index (κ2) is 6.33. The Morgan fingerprint density at radius 2 is 1.62 bits per heavy atom. The maximum Gasteiger partial charge on any atom is 0.0809 e. The Labute approximate surface area is 178 Å². The maximum atomic E-state index is 2.72. The van der Waals surface area contributed by atoms with E-state index in [1.807, 2.05) is 10.8 Å². The molecule has 0 aromatic heterocycles. The third kappa shape index (κ3) is 2.76. The lowest BCUT2D eigenvalue weighted by molar-refractivity contribution is 0.494. The first-order chi connectivity index (χ1) is 14.0. The third-order valence-corrected chi connectivity index (χ3v) is 13.8. The molecule has 0 nitrogen and oxygen atoms in total. The molecular formula is C28H36Si. The molecule has 0 heterocycles. The average Bonchev–Trinajstić information content (AvgIpc) is 3.59. The van der Waals surface area contributed by atoms with Crippen LogP contribution in [0.4, 0.5) is 0 Å². The molecule has 0 saturated heterocycles. The van der Waals surface area contributed by atoms with Crippen molar-refractivity contribution in [3.63, 3.8) is 0 Å². The van der Waals surface area contributed by atoms with Crippen molar-refractivity contribution in [2.24, 2.45) is 35.5 Å². The van der Waals surface area contributed by atoms with E-state index in [4.69, 9.17) is 0 Å². The lowest BCUT2D eigenvalue weighted by Gasteiger charge is -2.42. The summed E-state index contributed by atoms with van der Waals surface area (Å²) < 4.78 is 0. The van der Waals surface area contributed by atoms with E-state index < -0.39 is 8.07 Å². The molecule has 0 aromatic carbocycles. The molecule has 1 heteroatoms. The van der Waals surface area contributed by atoms with Crippen LogP contribution in [-0.2, 0) is 0 Å². The van der Waals surface area contributed by atoms with Gasteiger partial charge in [0, 0.05) is 5.92 Å². The summed E-state index contributed by atoms with van der Waals surface area (Å²) in [7, 11) is -1.60. The van der Waals surface area contributed by atoms with E-state index in [1.54, 1.807) is 16.7 Å². The first-order valence-corrected chi connectivity index (χ1v) is 15.2. The van der Waals surface area contributed by atoms with Crippen LogP contribution in [0.3, 0.4) is 0 Å². The van der Waals surface area contributed by atoms with Crippen LogP contribution in [0.2, 0.25) is 18.6 Å². The van der Waals surface area contributed by atoms with Crippen LogP contribution >= 0.6 is 0 Å². The molecule has 6 aliphatic carbocycles. The van der Waals surface area contributed by atoms with Crippen LogP contribution < -0.4 is 0 Å². The monoisotopic (exact) mass is 400 g/mol. The van der Waals surface area contributed by atoms with Crippen molar-refractivity contribution in [3.8, 4) is 0 Å². The lowest BCUT2D eigenvalue weighted by Crippen LogP contribution is -2.42. The molecular weight excluding hydrogens is 364 g/mol. The molecule has 0 bridgehead atoms. The van der Waals surface area contributed by atoms with E-state index in [9.17, 15) is 0 Å².